The third kappa shape index (κ3) is 3.83. The Hall–Kier alpha value is -1.39. The Morgan fingerprint density at radius 1 is 1.24 bits per heavy atom. The third-order valence-corrected chi connectivity index (χ3v) is 4.23. The fraction of sp³-hybridized carbons (Fsp3) is 0.353. The van der Waals surface area contributed by atoms with Crippen LogP contribution in [-0.2, 0) is 12.0 Å². The maximum Gasteiger partial charge on any atom is 0.224 e. The molecule has 3 nitrogen and oxygen atoms in total. The lowest BCUT2D eigenvalue weighted by molar-refractivity contribution is 0.275. The minimum absolute atomic E-state index is 0.108. The average molecular weight is 350 g/mol. The molecular formula is C17H20BrNO2. The van der Waals surface area contributed by atoms with Gasteiger partial charge in [0.15, 0.2) is 0 Å². The van der Waals surface area contributed by atoms with Gasteiger partial charge in [-0.25, -0.2) is 4.98 Å². The zero-order chi connectivity index (χ0) is 15.5. The second-order valence-corrected chi connectivity index (χ2v) is 6.56. The molecule has 0 saturated carbocycles. The molecule has 2 rings (SSSR count). The summed E-state index contributed by atoms with van der Waals surface area (Å²) in [4.78, 5) is 4.20. The van der Waals surface area contributed by atoms with Crippen LogP contribution < -0.4 is 4.74 Å². The van der Waals surface area contributed by atoms with Gasteiger partial charge in [0, 0.05) is 16.2 Å². The summed E-state index contributed by atoms with van der Waals surface area (Å²) in [7, 11) is 0. The molecule has 0 spiro atoms. The van der Waals surface area contributed by atoms with Crippen LogP contribution >= 0.6 is 15.9 Å². The number of aromatic nitrogens is 1. The Morgan fingerprint density at radius 2 is 1.90 bits per heavy atom. The fourth-order valence-corrected chi connectivity index (χ4v) is 2.34. The first-order chi connectivity index (χ1) is 9.96. The molecule has 0 saturated heterocycles. The van der Waals surface area contributed by atoms with Gasteiger partial charge in [-0.2, -0.15) is 0 Å². The average Bonchev–Trinajstić information content (AvgIpc) is 2.49. The van der Waals surface area contributed by atoms with Crippen LogP contribution in [0.25, 0.3) is 0 Å². The second-order valence-electron chi connectivity index (χ2n) is 5.64. The maximum absolute atomic E-state index is 9.36. The van der Waals surface area contributed by atoms with Gasteiger partial charge in [0.1, 0.15) is 5.75 Å². The molecule has 0 bridgehead atoms. The quantitative estimate of drug-likeness (QED) is 0.841. The lowest BCUT2D eigenvalue weighted by atomic mass is 9.82. The van der Waals surface area contributed by atoms with Crippen LogP contribution in [0.1, 0.15) is 38.3 Å². The summed E-state index contributed by atoms with van der Waals surface area (Å²) in [6.07, 6.45) is 2.74. The van der Waals surface area contributed by atoms with E-state index in [0.29, 0.717) is 11.4 Å². The van der Waals surface area contributed by atoms with Gasteiger partial charge >= 0.3 is 0 Å². The Balaban J connectivity index is 2.21. The number of pyridine rings is 1. The Labute approximate surface area is 134 Å². The summed E-state index contributed by atoms with van der Waals surface area (Å²) in [6.45, 7) is 6.53. The molecule has 112 valence electrons. The molecule has 21 heavy (non-hydrogen) atoms. The highest BCUT2D eigenvalue weighted by atomic mass is 79.9. The fourth-order valence-electron chi connectivity index (χ4n) is 1.96. The van der Waals surface area contributed by atoms with E-state index < -0.39 is 0 Å². The van der Waals surface area contributed by atoms with Crippen molar-refractivity contribution in [3.8, 4) is 11.6 Å². The van der Waals surface area contributed by atoms with Crippen molar-refractivity contribution in [1.29, 1.82) is 0 Å². The summed E-state index contributed by atoms with van der Waals surface area (Å²) in [5, 5.41) is 9.36. The molecule has 1 N–H and O–H groups in total. The molecule has 0 aliphatic heterocycles. The van der Waals surface area contributed by atoms with E-state index in [0.717, 1.165) is 16.6 Å². The van der Waals surface area contributed by atoms with Gasteiger partial charge < -0.3 is 9.84 Å². The SMILES string of the molecule is CCC(C)(C)c1ccc(Oc2ncc(Br)cc2CO)cc1. The highest BCUT2D eigenvalue weighted by Crippen LogP contribution is 2.30. The van der Waals surface area contributed by atoms with Crippen LogP contribution in [0.5, 0.6) is 11.6 Å². The number of nitrogens with zero attached hydrogens (tertiary/aromatic N) is 1. The van der Waals surface area contributed by atoms with Crippen LogP contribution in [0.15, 0.2) is 41.0 Å². The number of hydrogen-bond acceptors (Lipinski definition) is 3. The monoisotopic (exact) mass is 349 g/mol. The number of aliphatic hydroxyl groups is 1. The van der Waals surface area contributed by atoms with E-state index in [1.807, 2.05) is 12.1 Å². The minimum atomic E-state index is -0.108. The lowest BCUT2D eigenvalue weighted by Crippen LogP contribution is -2.14. The zero-order valence-electron chi connectivity index (χ0n) is 12.6. The van der Waals surface area contributed by atoms with Crippen molar-refractivity contribution in [2.24, 2.45) is 0 Å². The summed E-state index contributed by atoms with van der Waals surface area (Å²) in [5.41, 5.74) is 2.09. The zero-order valence-corrected chi connectivity index (χ0v) is 14.1. The molecule has 0 radical (unpaired) electrons. The van der Waals surface area contributed by atoms with E-state index in [9.17, 15) is 5.11 Å². The number of hydrogen-bond donors (Lipinski definition) is 1. The molecule has 1 aromatic heterocycles. The number of aliphatic hydroxyl groups excluding tert-OH is 1. The predicted octanol–water partition coefficient (Wildman–Crippen LogP) is 4.82. The van der Waals surface area contributed by atoms with Crippen molar-refractivity contribution in [2.75, 3.05) is 0 Å². The molecule has 1 aromatic carbocycles. The molecule has 0 amide bonds. The first kappa shape index (κ1) is 16.0. The molecular weight excluding hydrogens is 330 g/mol. The molecule has 0 aliphatic carbocycles. The van der Waals surface area contributed by atoms with E-state index in [4.69, 9.17) is 4.74 Å². The van der Waals surface area contributed by atoms with Crippen LogP contribution in [0.4, 0.5) is 0 Å². The standard InChI is InChI=1S/C17H20BrNO2/c1-4-17(2,3)13-5-7-15(8-6-13)21-16-12(11-20)9-14(18)10-19-16/h5-10,20H,4,11H2,1-3H3. The van der Waals surface area contributed by atoms with Crippen LogP contribution in [0.2, 0.25) is 0 Å². The largest absolute Gasteiger partial charge is 0.439 e. The van der Waals surface area contributed by atoms with Gasteiger partial charge in [0.2, 0.25) is 5.88 Å². The van der Waals surface area contributed by atoms with E-state index in [1.165, 1.54) is 5.56 Å². The topological polar surface area (TPSA) is 42.4 Å². The van der Waals surface area contributed by atoms with Crippen molar-refractivity contribution in [3.05, 3.63) is 52.1 Å². The smallest absolute Gasteiger partial charge is 0.224 e. The van der Waals surface area contributed by atoms with Crippen LogP contribution in [-0.4, -0.2) is 10.1 Å². The summed E-state index contributed by atoms with van der Waals surface area (Å²) < 4.78 is 6.58. The summed E-state index contributed by atoms with van der Waals surface area (Å²) in [5.74, 6) is 1.15. The maximum atomic E-state index is 9.36. The van der Waals surface area contributed by atoms with Crippen molar-refractivity contribution in [1.82, 2.24) is 4.98 Å². The van der Waals surface area contributed by atoms with Crippen molar-refractivity contribution < 1.29 is 9.84 Å². The van der Waals surface area contributed by atoms with Gasteiger partial charge in [-0.1, -0.05) is 32.9 Å². The summed E-state index contributed by atoms with van der Waals surface area (Å²) >= 11 is 3.33. The van der Waals surface area contributed by atoms with Crippen LogP contribution in [0, 0.1) is 0 Å². The predicted molar refractivity (Wildman–Crippen MR) is 87.7 cm³/mol. The van der Waals surface area contributed by atoms with E-state index in [-0.39, 0.29) is 12.0 Å². The normalized spacial score (nSPS) is 11.5. The van der Waals surface area contributed by atoms with Gasteiger partial charge in [-0.05, 0) is 51.5 Å². The Kier molecular flexibility index (Phi) is 5.01. The molecule has 1 heterocycles. The third-order valence-electron chi connectivity index (χ3n) is 3.80. The van der Waals surface area contributed by atoms with Crippen molar-refractivity contribution in [3.63, 3.8) is 0 Å². The molecule has 0 unspecified atom stereocenters. The number of benzene rings is 1. The van der Waals surface area contributed by atoms with Gasteiger partial charge in [-0.15, -0.1) is 0 Å². The molecule has 0 fully saturated rings. The number of ether oxygens (including phenoxy) is 1. The minimum Gasteiger partial charge on any atom is -0.439 e. The Morgan fingerprint density at radius 3 is 2.48 bits per heavy atom. The van der Waals surface area contributed by atoms with Crippen molar-refractivity contribution >= 4 is 15.9 Å². The van der Waals surface area contributed by atoms with E-state index in [2.05, 4.69) is 53.8 Å². The van der Waals surface area contributed by atoms with Gasteiger partial charge in [0.05, 0.1) is 6.61 Å². The van der Waals surface area contributed by atoms with Gasteiger partial charge in [0.25, 0.3) is 0 Å². The van der Waals surface area contributed by atoms with E-state index >= 15 is 0 Å². The molecule has 2 aromatic rings. The Bertz CT molecular complexity index is 609. The molecule has 0 aliphatic rings. The lowest BCUT2D eigenvalue weighted by Gasteiger charge is -2.23. The second kappa shape index (κ2) is 6.58. The highest BCUT2D eigenvalue weighted by molar-refractivity contribution is 9.10. The number of rotatable bonds is 5. The van der Waals surface area contributed by atoms with Gasteiger partial charge in [-0.3, -0.25) is 0 Å². The van der Waals surface area contributed by atoms with E-state index in [1.54, 1.807) is 12.3 Å². The van der Waals surface area contributed by atoms with Crippen molar-refractivity contribution in [2.45, 2.75) is 39.2 Å². The molecule has 0 atom stereocenters. The first-order valence-corrected chi connectivity index (χ1v) is 7.79. The molecule has 4 heteroatoms. The van der Waals surface area contributed by atoms with Crippen LogP contribution in [0.3, 0.4) is 0 Å². The number of halogens is 1. The first-order valence-electron chi connectivity index (χ1n) is 7.00. The summed E-state index contributed by atoms with van der Waals surface area (Å²) in [6, 6.07) is 9.85. The highest BCUT2D eigenvalue weighted by Gasteiger charge is 2.17.